The van der Waals surface area contributed by atoms with Crippen molar-refractivity contribution < 1.29 is 0 Å². The third-order valence-electron chi connectivity index (χ3n) is 3.02. The Morgan fingerprint density at radius 3 is 3.00 bits per heavy atom. The summed E-state index contributed by atoms with van der Waals surface area (Å²) in [6.45, 7) is 1.28. The van der Waals surface area contributed by atoms with E-state index < -0.39 is 0 Å². The number of nitrogens with zero attached hydrogens (tertiary/aromatic N) is 1. The molecule has 11 heavy (non-hydrogen) atoms. The van der Waals surface area contributed by atoms with Gasteiger partial charge in [-0.25, -0.2) is 0 Å². The molecule has 0 aromatic carbocycles. The van der Waals surface area contributed by atoms with Crippen molar-refractivity contribution in [2.24, 2.45) is 5.92 Å². The summed E-state index contributed by atoms with van der Waals surface area (Å²) in [6.07, 6.45) is 9.47. The molecule has 0 spiro atoms. The van der Waals surface area contributed by atoms with Gasteiger partial charge in [0.15, 0.2) is 0 Å². The number of rotatable bonds is 0. The van der Waals surface area contributed by atoms with Crippen LogP contribution in [0.4, 0.5) is 0 Å². The van der Waals surface area contributed by atoms with Gasteiger partial charge in [0.05, 0.1) is 0 Å². The van der Waals surface area contributed by atoms with Gasteiger partial charge in [-0.15, -0.1) is 0 Å². The highest BCUT2D eigenvalue weighted by atomic mass is 15.1. The Kier molecular flexibility index (Phi) is 1.89. The summed E-state index contributed by atoms with van der Waals surface area (Å²) in [4.78, 5) is 2.45. The first kappa shape index (κ1) is 7.20. The van der Waals surface area contributed by atoms with Crippen molar-refractivity contribution >= 4 is 0 Å². The van der Waals surface area contributed by atoms with Crippen LogP contribution < -0.4 is 0 Å². The minimum atomic E-state index is 0.919. The minimum Gasteiger partial charge on any atom is -0.378 e. The van der Waals surface area contributed by atoms with Gasteiger partial charge in [-0.3, -0.25) is 0 Å². The molecule has 0 amide bonds. The Bertz CT molecular complexity index is 172. The molecule has 0 saturated carbocycles. The fraction of sp³-hybridized carbons (Fsp3) is 0.800. The molecular formula is C10H17N. The van der Waals surface area contributed by atoms with E-state index in [4.69, 9.17) is 0 Å². The Morgan fingerprint density at radius 1 is 1.36 bits per heavy atom. The second-order valence-corrected chi connectivity index (χ2v) is 3.82. The molecule has 1 saturated heterocycles. The smallest absolute Gasteiger partial charge is 0.0171 e. The molecule has 1 aliphatic carbocycles. The third-order valence-corrected chi connectivity index (χ3v) is 3.02. The highest BCUT2D eigenvalue weighted by molar-refractivity contribution is 5.10. The van der Waals surface area contributed by atoms with Crippen LogP contribution in [-0.4, -0.2) is 18.5 Å². The highest BCUT2D eigenvalue weighted by Gasteiger charge is 2.23. The van der Waals surface area contributed by atoms with E-state index in [1.165, 1.54) is 38.6 Å². The predicted molar refractivity (Wildman–Crippen MR) is 47.3 cm³/mol. The molecule has 1 atom stereocenters. The van der Waals surface area contributed by atoms with E-state index in [1.54, 1.807) is 5.70 Å². The van der Waals surface area contributed by atoms with E-state index in [0.717, 1.165) is 5.92 Å². The van der Waals surface area contributed by atoms with Crippen LogP contribution in [0.3, 0.4) is 0 Å². The van der Waals surface area contributed by atoms with Gasteiger partial charge in [-0.2, -0.15) is 0 Å². The van der Waals surface area contributed by atoms with Crippen LogP contribution in [0.1, 0.15) is 32.1 Å². The molecule has 1 fully saturated rings. The number of hydrogen-bond acceptors (Lipinski definition) is 1. The van der Waals surface area contributed by atoms with Crippen LogP contribution in [0.5, 0.6) is 0 Å². The van der Waals surface area contributed by atoms with E-state index in [2.05, 4.69) is 18.0 Å². The first-order valence-corrected chi connectivity index (χ1v) is 4.79. The van der Waals surface area contributed by atoms with Crippen LogP contribution in [-0.2, 0) is 0 Å². The normalized spacial score (nSPS) is 31.2. The quantitative estimate of drug-likeness (QED) is 0.514. The number of hydrogen-bond donors (Lipinski definition) is 0. The number of likely N-dealkylation sites (tertiary alicyclic amines) is 1. The minimum absolute atomic E-state index is 0.919. The Hall–Kier alpha value is -0.460. The molecule has 1 aliphatic heterocycles. The summed E-state index contributed by atoms with van der Waals surface area (Å²) in [6, 6.07) is 0. The van der Waals surface area contributed by atoms with Crippen molar-refractivity contribution in [1.82, 2.24) is 4.90 Å². The predicted octanol–water partition coefficient (Wildman–Crippen LogP) is 2.40. The summed E-state index contributed by atoms with van der Waals surface area (Å²) in [7, 11) is 2.24. The monoisotopic (exact) mass is 151 g/mol. The lowest BCUT2D eigenvalue weighted by Gasteiger charge is -2.36. The molecule has 0 aromatic heterocycles. The van der Waals surface area contributed by atoms with Crippen molar-refractivity contribution in [3.63, 3.8) is 0 Å². The van der Waals surface area contributed by atoms with Gasteiger partial charge >= 0.3 is 0 Å². The molecule has 1 unspecified atom stereocenters. The fourth-order valence-electron chi connectivity index (χ4n) is 2.39. The molecule has 62 valence electrons. The van der Waals surface area contributed by atoms with Crippen molar-refractivity contribution in [1.29, 1.82) is 0 Å². The van der Waals surface area contributed by atoms with E-state index in [-0.39, 0.29) is 0 Å². The van der Waals surface area contributed by atoms with Crippen LogP contribution in [0.2, 0.25) is 0 Å². The van der Waals surface area contributed by atoms with E-state index in [0.29, 0.717) is 0 Å². The van der Waals surface area contributed by atoms with Gasteiger partial charge in [0, 0.05) is 19.3 Å². The topological polar surface area (TPSA) is 3.24 Å². The summed E-state index contributed by atoms with van der Waals surface area (Å²) >= 11 is 0. The van der Waals surface area contributed by atoms with Crippen molar-refractivity contribution in [2.75, 3.05) is 13.6 Å². The zero-order valence-electron chi connectivity index (χ0n) is 7.34. The summed E-state index contributed by atoms with van der Waals surface area (Å²) in [5, 5.41) is 0. The molecule has 0 aromatic rings. The van der Waals surface area contributed by atoms with Gasteiger partial charge in [-0.1, -0.05) is 6.08 Å². The van der Waals surface area contributed by atoms with Crippen molar-refractivity contribution in [3.8, 4) is 0 Å². The number of piperidine rings is 1. The largest absolute Gasteiger partial charge is 0.378 e. The second kappa shape index (κ2) is 2.88. The van der Waals surface area contributed by atoms with Gasteiger partial charge in [0.25, 0.3) is 0 Å². The third kappa shape index (κ3) is 1.29. The Morgan fingerprint density at radius 2 is 2.18 bits per heavy atom. The summed E-state index contributed by atoms with van der Waals surface area (Å²) in [5.74, 6) is 0.919. The summed E-state index contributed by atoms with van der Waals surface area (Å²) in [5.41, 5.74) is 1.64. The summed E-state index contributed by atoms with van der Waals surface area (Å²) < 4.78 is 0. The number of fused-ring (bicyclic) bond motifs is 1. The molecule has 0 radical (unpaired) electrons. The second-order valence-electron chi connectivity index (χ2n) is 3.82. The molecule has 1 nitrogen and oxygen atoms in total. The van der Waals surface area contributed by atoms with Crippen LogP contribution in [0, 0.1) is 5.92 Å². The average Bonchev–Trinajstić information content (AvgIpc) is 2.06. The standard InChI is InChI=1S/C10H17N/c1-11-8-4-6-9-5-2-3-7-10(9)11/h7,9H,2-6,8H2,1H3. The molecule has 1 heterocycles. The van der Waals surface area contributed by atoms with E-state index in [1.807, 2.05) is 0 Å². The van der Waals surface area contributed by atoms with Crippen LogP contribution in [0.15, 0.2) is 11.8 Å². The lowest BCUT2D eigenvalue weighted by Crippen LogP contribution is -2.31. The Labute approximate surface area is 69.1 Å². The van der Waals surface area contributed by atoms with Crippen LogP contribution in [0.25, 0.3) is 0 Å². The van der Waals surface area contributed by atoms with E-state index in [9.17, 15) is 0 Å². The molecule has 0 bridgehead atoms. The molecular weight excluding hydrogens is 134 g/mol. The molecule has 2 aliphatic rings. The first-order chi connectivity index (χ1) is 5.38. The lowest BCUT2D eigenvalue weighted by molar-refractivity contribution is 0.258. The maximum atomic E-state index is 2.45. The van der Waals surface area contributed by atoms with Gasteiger partial charge in [0.2, 0.25) is 0 Å². The number of allylic oxidation sites excluding steroid dienone is 2. The van der Waals surface area contributed by atoms with Gasteiger partial charge in [-0.05, 0) is 38.0 Å². The molecule has 2 rings (SSSR count). The van der Waals surface area contributed by atoms with Crippen molar-refractivity contribution in [3.05, 3.63) is 11.8 Å². The van der Waals surface area contributed by atoms with E-state index >= 15 is 0 Å². The van der Waals surface area contributed by atoms with Gasteiger partial charge in [0.1, 0.15) is 0 Å². The van der Waals surface area contributed by atoms with Crippen molar-refractivity contribution in [2.45, 2.75) is 32.1 Å². The first-order valence-electron chi connectivity index (χ1n) is 4.79. The zero-order valence-corrected chi connectivity index (χ0v) is 7.34. The van der Waals surface area contributed by atoms with Crippen LogP contribution >= 0.6 is 0 Å². The fourth-order valence-corrected chi connectivity index (χ4v) is 2.39. The maximum absolute atomic E-state index is 2.45. The lowest BCUT2D eigenvalue weighted by atomic mass is 9.85. The SMILES string of the molecule is CN1CCCC2CCCC=C21. The molecule has 1 heteroatoms. The zero-order chi connectivity index (χ0) is 7.68. The average molecular weight is 151 g/mol. The molecule has 0 N–H and O–H groups in total. The van der Waals surface area contributed by atoms with Gasteiger partial charge < -0.3 is 4.90 Å². The maximum Gasteiger partial charge on any atom is 0.0171 e. The Balaban J connectivity index is 2.14. The highest BCUT2D eigenvalue weighted by Crippen LogP contribution is 2.33.